The Hall–Kier alpha value is -1.93. The summed E-state index contributed by atoms with van der Waals surface area (Å²) in [5.74, 6) is 1.18. The third-order valence-electron chi connectivity index (χ3n) is 4.94. The maximum atomic E-state index is 12.3. The van der Waals surface area contributed by atoms with E-state index < -0.39 is 0 Å². The van der Waals surface area contributed by atoms with Crippen molar-refractivity contribution in [2.45, 2.75) is 51.1 Å². The standard InChI is InChI=1S/C13H18BN5O3/c1-13(4-5-13)6-10-16-17-11(21-10)9-3-2-8-7-18(9)12(20)19(8)22-14-15/h8-9,15H,2-7H2,1H3/t8-,9+/m1/s1. The van der Waals surface area contributed by atoms with Crippen LogP contribution >= 0.6 is 0 Å². The molecule has 22 heavy (non-hydrogen) atoms. The number of fused-ring (bicyclic) bond motifs is 2. The topological polar surface area (TPSA) is 95.5 Å². The van der Waals surface area contributed by atoms with Gasteiger partial charge >= 0.3 is 128 Å². The van der Waals surface area contributed by atoms with Gasteiger partial charge in [-0.25, -0.2) is 0 Å². The number of piperidine rings is 1. The summed E-state index contributed by atoms with van der Waals surface area (Å²) in [5.41, 5.74) is 0.319. The number of carbonyl (C=O) groups is 1. The summed E-state index contributed by atoms with van der Waals surface area (Å²) >= 11 is 0. The second kappa shape index (κ2) is 4.79. The summed E-state index contributed by atoms with van der Waals surface area (Å²) in [7, 11) is 0.788. The van der Waals surface area contributed by atoms with Crippen LogP contribution < -0.4 is 0 Å². The first-order chi connectivity index (χ1) is 10.6. The van der Waals surface area contributed by atoms with Crippen molar-refractivity contribution in [3.63, 3.8) is 0 Å². The molecule has 1 aromatic heterocycles. The van der Waals surface area contributed by atoms with E-state index in [1.807, 2.05) is 0 Å². The molecule has 2 saturated heterocycles. The van der Waals surface area contributed by atoms with Crippen molar-refractivity contribution in [2.24, 2.45) is 5.41 Å². The van der Waals surface area contributed by atoms with Gasteiger partial charge in [-0.05, 0) is 0 Å². The van der Waals surface area contributed by atoms with Crippen LogP contribution in [0.5, 0.6) is 0 Å². The predicted molar refractivity (Wildman–Crippen MR) is 74.6 cm³/mol. The van der Waals surface area contributed by atoms with E-state index in [0.717, 1.165) is 26.5 Å². The normalized spacial score (nSPS) is 28.7. The second-order valence-corrected chi connectivity index (χ2v) is 6.75. The molecule has 8 nitrogen and oxygen atoms in total. The van der Waals surface area contributed by atoms with Crippen molar-refractivity contribution in [3.8, 4) is 0 Å². The fraction of sp³-hybridized carbons (Fsp3) is 0.769. The van der Waals surface area contributed by atoms with Gasteiger partial charge in [0.15, 0.2) is 0 Å². The van der Waals surface area contributed by atoms with Crippen LogP contribution in [0.1, 0.15) is 50.4 Å². The third-order valence-corrected chi connectivity index (χ3v) is 4.94. The molecule has 1 N–H and O–H groups in total. The first-order valence-electron chi connectivity index (χ1n) is 7.67. The SMILES string of the molecule is CC1(Cc2nnc([C@@H]3CC[C@@H]4CN3C(=O)N4OB=N)o2)CC1. The molecular weight excluding hydrogens is 285 g/mol. The molecule has 0 unspecified atom stereocenters. The van der Waals surface area contributed by atoms with Gasteiger partial charge in [0, 0.05) is 0 Å². The third kappa shape index (κ3) is 2.19. The predicted octanol–water partition coefficient (Wildman–Crippen LogP) is 1.67. The number of aromatic nitrogens is 2. The Morgan fingerprint density at radius 2 is 2.27 bits per heavy atom. The van der Waals surface area contributed by atoms with Crippen LogP contribution in [-0.2, 0) is 11.2 Å². The van der Waals surface area contributed by atoms with Crippen LogP contribution in [0.3, 0.4) is 0 Å². The summed E-state index contributed by atoms with van der Waals surface area (Å²) in [4.78, 5) is 14.0. The van der Waals surface area contributed by atoms with Gasteiger partial charge in [-0.1, -0.05) is 0 Å². The van der Waals surface area contributed by atoms with E-state index in [0.29, 0.717) is 23.7 Å². The molecule has 0 radical (unpaired) electrons. The fourth-order valence-corrected chi connectivity index (χ4v) is 3.31. The number of hydrogen-bond donors (Lipinski definition) is 1. The molecule has 116 valence electrons. The molecular formula is C13H18BN5O3. The Bertz CT molecular complexity index is 617. The average molecular weight is 303 g/mol. The van der Waals surface area contributed by atoms with Gasteiger partial charge in [0.2, 0.25) is 0 Å². The number of nitrogens with zero attached hydrogens (tertiary/aromatic N) is 4. The molecule has 3 heterocycles. The molecule has 1 aliphatic carbocycles. The van der Waals surface area contributed by atoms with Gasteiger partial charge in [-0.3, -0.25) is 0 Å². The van der Waals surface area contributed by atoms with Gasteiger partial charge in [-0.2, -0.15) is 0 Å². The van der Waals surface area contributed by atoms with Gasteiger partial charge in [-0.15, -0.1) is 0 Å². The number of hydrogen-bond acceptors (Lipinski definition) is 6. The molecule has 3 fully saturated rings. The molecule has 1 saturated carbocycles. The summed E-state index contributed by atoms with van der Waals surface area (Å²) in [5, 5.41) is 16.6. The number of rotatable bonds is 5. The molecule has 0 aromatic carbocycles. The van der Waals surface area contributed by atoms with Crippen LogP contribution in [0, 0.1) is 10.7 Å². The zero-order valence-electron chi connectivity index (χ0n) is 12.5. The molecule has 2 bridgehead atoms. The van der Waals surface area contributed by atoms with Crippen LogP contribution in [0.15, 0.2) is 4.42 Å². The fourth-order valence-electron chi connectivity index (χ4n) is 3.31. The number of hydroxylamine groups is 2. The quantitative estimate of drug-likeness (QED) is 0.835. The Kier molecular flexibility index (Phi) is 2.99. The molecule has 4 rings (SSSR count). The zero-order valence-corrected chi connectivity index (χ0v) is 12.5. The van der Waals surface area contributed by atoms with E-state index in [1.54, 1.807) is 4.90 Å². The first kappa shape index (κ1) is 13.7. The summed E-state index contributed by atoms with van der Waals surface area (Å²) < 4.78 is 10.8. The van der Waals surface area contributed by atoms with Crippen molar-refractivity contribution < 1.29 is 14.0 Å². The molecule has 2 amide bonds. The van der Waals surface area contributed by atoms with Gasteiger partial charge in [0.1, 0.15) is 0 Å². The van der Waals surface area contributed by atoms with E-state index in [4.69, 9.17) is 14.5 Å². The summed E-state index contributed by atoms with van der Waals surface area (Å²) in [6, 6.07) is -0.417. The van der Waals surface area contributed by atoms with Crippen molar-refractivity contribution >= 4 is 13.3 Å². The zero-order chi connectivity index (χ0) is 15.3. The minimum atomic E-state index is -0.232. The number of amides is 2. The van der Waals surface area contributed by atoms with Gasteiger partial charge < -0.3 is 0 Å². The Morgan fingerprint density at radius 3 is 3.00 bits per heavy atom. The van der Waals surface area contributed by atoms with Crippen LogP contribution in [0.25, 0.3) is 0 Å². The van der Waals surface area contributed by atoms with Crippen LogP contribution in [0.2, 0.25) is 0 Å². The Labute approximate surface area is 128 Å². The Morgan fingerprint density at radius 1 is 1.45 bits per heavy atom. The van der Waals surface area contributed by atoms with Crippen molar-refractivity contribution in [1.29, 1.82) is 5.31 Å². The van der Waals surface area contributed by atoms with E-state index in [-0.39, 0.29) is 18.1 Å². The summed E-state index contributed by atoms with van der Waals surface area (Å²) in [6.07, 6.45) is 4.79. The van der Waals surface area contributed by atoms with Crippen LogP contribution in [-0.4, -0.2) is 46.1 Å². The van der Waals surface area contributed by atoms with Crippen molar-refractivity contribution in [3.05, 3.63) is 11.8 Å². The average Bonchev–Trinajstić information content (AvgIpc) is 2.97. The molecule has 1 aromatic rings. The molecule has 3 aliphatic rings. The first-order valence-corrected chi connectivity index (χ1v) is 7.67. The molecule has 0 spiro atoms. The number of carbonyl (C=O) groups excluding carboxylic acids is 1. The Balaban J connectivity index is 1.51. The minimum absolute atomic E-state index is 0.00174. The molecule has 2 aliphatic heterocycles. The molecule has 9 heteroatoms. The number of urea groups is 1. The van der Waals surface area contributed by atoms with Crippen molar-refractivity contribution in [1.82, 2.24) is 20.2 Å². The van der Waals surface area contributed by atoms with E-state index >= 15 is 0 Å². The van der Waals surface area contributed by atoms with Crippen molar-refractivity contribution in [2.75, 3.05) is 6.54 Å². The summed E-state index contributed by atoms with van der Waals surface area (Å²) in [6.45, 7) is 2.80. The second-order valence-electron chi connectivity index (χ2n) is 6.75. The monoisotopic (exact) mass is 303 g/mol. The van der Waals surface area contributed by atoms with Gasteiger partial charge in [0.05, 0.1) is 0 Å². The van der Waals surface area contributed by atoms with E-state index in [1.165, 1.54) is 17.9 Å². The maximum absolute atomic E-state index is 12.3. The number of nitrogens with one attached hydrogen (secondary N) is 1. The van der Waals surface area contributed by atoms with E-state index in [9.17, 15) is 4.79 Å². The van der Waals surface area contributed by atoms with E-state index in [2.05, 4.69) is 17.1 Å². The van der Waals surface area contributed by atoms with Gasteiger partial charge in [0.25, 0.3) is 0 Å². The van der Waals surface area contributed by atoms with Crippen LogP contribution in [0.4, 0.5) is 4.79 Å². The molecule has 2 atom stereocenters.